The summed E-state index contributed by atoms with van der Waals surface area (Å²) >= 11 is 0. The smallest absolute Gasteiger partial charge is 0.311 e. The van der Waals surface area contributed by atoms with E-state index in [2.05, 4.69) is 34.9 Å². The third-order valence-corrected chi connectivity index (χ3v) is 3.98. The first-order valence-electron chi connectivity index (χ1n) is 7.09. The Balaban J connectivity index is 1.93. The van der Waals surface area contributed by atoms with Crippen molar-refractivity contribution in [3.63, 3.8) is 0 Å². The van der Waals surface area contributed by atoms with Crippen molar-refractivity contribution >= 4 is 5.97 Å². The number of ether oxygens (including phenoxy) is 1. The molecule has 1 aromatic carbocycles. The van der Waals surface area contributed by atoms with Crippen LogP contribution in [0.3, 0.4) is 0 Å². The molecule has 0 saturated heterocycles. The van der Waals surface area contributed by atoms with Crippen LogP contribution in [0, 0.1) is 0 Å². The first kappa shape index (κ1) is 13.0. The molecule has 1 aliphatic carbocycles. The third-order valence-electron chi connectivity index (χ3n) is 3.98. The van der Waals surface area contributed by atoms with Crippen LogP contribution in [0.25, 0.3) is 0 Å². The molecule has 3 heteroatoms. The number of carbonyl (C=O) groups excluding carboxylic acids is 1. The lowest BCUT2D eigenvalue weighted by Gasteiger charge is -2.12. The molecular weight excluding hydrogens is 250 g/mol. The van der Waals surface area contributed by atoms with E-state index in [4.69, 9.17) is 4.74 Å². The number of esters is 1. The average molecular weight is 269 g/mol. The Labute approximate surface area is 119 Å². The number of methoxy groups -OCH3 is 1. The zero-order valence-corrected chi connectivity index (χ0v) is 11.8. The fraction of sp³-hybridized carbons (Fsp3) is 0.353. The molecule has 2 aromatic rings. The number of hydrogen-bond acceptors (Lipinski definition) is 2. The SMILES string of the molecule is COC(=O)Cc1cc2c(n1Cc1ccccc1)CCC2. The Morgan fingerprint density at radius 2 is 2.05 bits per heavy atom. The van der Waals surface area contributed by atoms with E-state index in [0.29, 0.717) is 6.42 Å². The molecule has 0 unspecified atom stereocenters. The van der Waals surface area contributed by atoms with E-state index < -0.39 is 0 Å². The predicted molar refractivity (Wildman–Crippen MR) is 77.7 cm³/mol. The lowest BCUT2D eigenvalue weighted by Crippen LogP contribution is -2.12. The minimum atomic E-state index is -0.171. The lowest BCUT2D eigenvalue weighted by molar-refractivity contribution is -0.139. The Kier molecular flexibility index (Phi) is 3.59. The van der Waals surface area contributed by atoms with Gasteiger partial charge < -0.3 is 9.30 Å². The van der Waals surface area contributed by atoms with Crippen LogP contribution in [0.4, 0.5) is 0 Å². The molecule has 0 N–H and O–H groups in total. The van der Waals surface area contributed by atoms with Gasteiger partial charge in [-0.05, 0) is 36.5 Å². The van der Waals surface area contributed by atoms with Gasteiger partial charge in [-0.25, -0.2) is 0 Å². The van der Waals surface area contributed by atoms with Crippen LogP contribution < -0.4 is 0 Å². The van der Waals surface area contributed by atoms with Crippen molar-refractivity contribution < 1.29 is 9.53 Å². The van der Waals surface area contributed by atoms with Gasteiger partial charge in [-0.15, -0.1) is 0 Å². The normalized spacial score (nSPS) is 13.2. The summed E-state index contributed by atoms with van der Waals surface area (Å²) in [5, 5.41) is 0. The van der Waals surface area contributed by atoms with E-state index >= 15 is 0 Å². The molecule has 20 heavy (non-hydrogen) atoms. The maximum Gasteiger partial charge on any atom is 0.311 e. The van der Waals surface area contributed by atoms with Crippen LogP contribution in [-0.4, -0.2) is 17.6 Å². The van der Waals surface area contributed by atoms with Crippen molar-refractivity contribution in [3.05, 3.63) is 58.9 Å². The minimum absolute atomic E-state index is 0.171. The van der Waals surface area contributed by atoms with Crippen molar-refractivity contribution in [1.29, 1.82) is 0 Å². The molecule has 1 aliphatic rings. The van der Waals surface area contributed by atoms with Crippen molar-refractivity contribution in [2.45, 2.75) is 32.2 Å². The van der Waals surface area contributed by atoms with Crippen molar-refractivity contribution in [3.8, 4) is 0 Å². The maximum atomic E-state index is 11.6. The number of aryl methyl sites for hydroxylation is 1. The van der Waals surface area contributed by atoms with E-state index in [1.54, 1.807) is 0 Å². The van der Waals surface area contributed by atoms with Gasteiger partial charge in [0.2, 0.25) is 0 Å². The second-order valence-electron chi connectivity index (χ2n) is 5.29. The van der Waals surface area contributed by atoms with Crippen LogP contribution >= 0.6 is 0 Å². The molecule has 104 valence electrons. The molecule has 0 spiro atoms. The van der Waals surface area contributed by atoms with Gasteiger partial charge in [0.25, 0.3) is 0 Å². The molecule has 0 atom stereocenters. The van der Waals surface area contributed by atoms with Gasteiger partial charge in [-0.2, -0.15) is 0 Å². The Morgan fingerprint density at radius 3 is 2.80 bits per heavy atom. The highest BCUT2D eigenvalue weighted by Crippen LogP contribution is 2.27. The van der Waals surface area contributed by atoms with E-state index in [-0.39, 0.29) is 5.97 Å². The van der Waals surface area contributed by atoms with Gasteiger partial charge in [-0.1, -0.05) is 30.3 Å². The number of aromatic nitrogens is 1. The van der Waals surface area contributed by atoms with Gasteiger partial charge >= 0.3 is 5.97 Å². The van der Waals surface area contributed by atoms with Crippen LogP contribution in [0.2, 0.25) is 0 Å². The van der Waals surface area contributed by atoms with Gasteiger partial charge in [0.15, 0.2) is 0 Å². The molecule has 0 amide bonds. The standard InChI is InChI=1S/C17H19NO2/c1-20-17(19)11-15-10-14-8-5-9-16(14)18(15)12-13-6-3-2-4-7-13/h2-4,6-7,10H,5,8-9,11-12H2,1H3. The molecular formula is C17H19NO2. The number of rotatable bonds is 4. The van der Waals surface area contributed by atoms with Crippen molar-refractivity contribution in [2.75, 3.05) is 7.11 Å². The second kappa shape index (κ2) is 5.53. The summed E-state index contributed by atoms with van der Waals surface area (Å²) in [6.45, 7) is 0.836. The number of benzene rings is 1. The summed E-state index contributed by atoms with van der Waals surface area (Å²) in [5.41, 5.74) is 5.14. The Hall–Kier alpha value is -2.03. The molecule has 0 aliphatic heterocycles. The minimum Gasteiger partial charge on any atom is -0.469 e. The largest absolute Gasteiger partial charge is 0.469 e. The molecule has 0 radical (unpaired) electrons. The van der Waals surface area contributed by atoms with E-state index in [1.165, 1.54) is 30.4 Å². The van der Waals surface area contributed by atoms with E-state index in [1.807, 2.05) is 6.07 Å². The van der Waals surface area contributed by atoms with Gasteiger partial charge in [0.1, 0.15) is 0 Å². The number of carbonyl (C=O) groups is 1. The average Bonchev–Trinajstić information content (AvgIpc) is 3.03. The predicted octanol–water partition coefficient (Wildman–Crippen LogP) is 2.74. The van der Waals surface area contributed by atoms with Crippen molar-refractivity contribution in [2.24, 2.45) is 0 Å². The zero-order chi connectivity index (χ0) is 13.9. The second-order valence-corrected chi connectivity index (χ2v) is 5.29. The molecule has 0 fully saturated rings. The summed E-state index contributed by atoms with van der Waals surface area (Å²) in [6, 6.07) is 12.6. The number of nitrogens with zero attached hydrogens (tertiary/aromatic N) is 1. The highest BCUT2D eigenvalue weighted by atomic mass is 16.5. The van der Waals surface area contributed by atoms with Gasteiger partial charge in [0.05, 0.1) is 13.5 Å². The fourth-order valence-corrected chi connectivity index (χ4v) is 3.00. The number of hydrogen-bond donors (Lipinski definition) is 0. The first-order valence-corrected chi connectivity index (χ1v) is 7.09. The Bertz CT molecular complexity index is 613. The van der Waals surface area contributed by atoms with E-state index in [9.17, 15) is 4.79 Å². The fourth-order valence-electron chi connectivity index (χ4n) is 3.00. The quantitative estimate of drug-likeness (QED) is 0.799. The van der Waals surface area contributed by atoms with Gasteiger partial charge in [0, 0.05) is 17.9 Å². The molecule has 0 saturated carbocycles. The van der Waals surface area contributed by atoms with Crippen LogP contribution in [0.15, 0.2) is 36.4 Å². The summed E-state index contributed by atoms with van der Waals surface area (Å²) in [5.74, 6) is -0.171. The first-order chi connectivity index (χ1) is 9.78. The number of fused-ring (bicyclic) bond motifs is 1. The molecule has 3 rings (SSSR count). The van der Waals surface area contributed by atoms with E-state index in [0.717, 1.165) is 25.1 Å². The summed E-state index contributed by atoms with van der Waals surface area (Å²) < 4.78 is 7.11. The maximum absolute atomic E-state index is 11.6. The van der Waals surface area contributed by atoms with Crippen LogP contribution in [-0.2, 0) is 35.3 Å². The molecule has 3 nitrogen and oxygen atoms in total. The zero-order valence-electron chi connectivity index (χ0n) is 11.8. The topological polar surface area (TPSA) is 31.2 Å². The third kappa shape index (κ3) is 2.48. The summed E-state index contributed by atoms with van der Waals surface area (Å²) in [7, 11) is 1.44. The van der Waals surface area contributed by atoms with Gasteiger partial charge in [-0.3, -0.25) is 4.79 Å². The molecule has 1 aromatic heterocycles. The highest BCUT2D eigenvalue weighted by Gasteiger charge is 2.21. The van der Waals surface area contributed by atoms with Crippen molar-refractivity contribution in [1.82, 2.24) is 4.57 Å². The summed E-state index contributed by atoms with van der Waals surface area (Å²) in [4.78, 5) is 11.6. The molecule has 0 bridgehead atoms. The summed E-state index contributed by atoms with van der Waals surface area (Å²) in [6.07, 6.45) is 3.82. The highest BCUT2D eigenvalue weighted by molar-refractivity contribution is 5.72. The monoisotopic (exact) mass is 269 g/mol. The Morgan fingerprint density at radius 1 is 1.25 bits per heavy atom. The van der Waals surface area contributed by atoms with Crippen LogP contribution in [0.5, 0.6) is 0 Å². The molecule has 1 heterocycles. The lowest BCUT2D eigenvalue weighted by atomic mass is 10.2. The van der Waals surface area contributed by atoms with Crippen LogP contribution in [0.1, 0.15) is 28.9 Å².